The Morgan fingerprint density at radius 1 is 1.34 bits per heavy atom. The van der Waals surface area contributed by atoms with E-state index >= 15 is 0 Å². The van der Waals surface area contributed by atoms with Crippen LogP contribution in [0.5, 0.6) is 5.88 Å². The van der Waals surface area contributed by atoms with Crippen LogP contribution in [0.4, 0.5) is 5.95 Å². The molecule has 4 heterocycles. The summed E-state index contributed by atoms with van der Waals surface area (Å²) in [7, 11) is -2.58. The minimum absolute atomic E-state index is 0.0322. The summed E-state index contributed by atoms with van der Waals surface area (Å²) in [6.45, 7) is 4.93. The number of carbonyl (C=O) groups excluding carboxylic acids is 1. The molecule has 5 rings (SSSR count). The van der Waals surface area contributed by atoms with Gasteiger partial charge in [0.2, 0.25) is 11.8 Å². The minimum atomic E-state index is -4.03. The number of hydrogen-bond acceptors (Lipinski definition) is 13. The first-order valence-corrected chi connectivity index (χ1v) is 14.7. The van der Waals surface area contributed by atoms with Crippen molar-refractivity contribution in [3.05, 3.63) is 41.2 Å². The van der Waals surface area contributed by atoms with Crippen LogP contribution in [0.1, 0.15) is 45.1 Å². The molecule has 0 spiro atoms. The summed E-state index contributed by atoms with van der Waals surface area (Å²) < 4.78 is 55.5. The molecule has 0 bridgehead atoms. The van der Waals surface area contributed by atoms with Crippen LogP contribution in [-0.2, 0) is 37.1 Å². The minimum Gasteiger partial charge on any atom is -0.476 e. The zero-order chi connectivity index (χ0) is 29.4. The van der Waals surface area contributed by atoms with Gasteiger partial charge in [-0.3, -0.25) is 22.9 Å². The number of aromatic nitrogens is 4. The van der Waals surface area contributed by atoms with E-state index in [9.17, 15) is 9.36 Å². The van der Waals surface area contributed by atoms with Gasteiger partial charge in [0.25, 0.3) is 0 Å². The van der Waals surface area contributed by atoms with Crippen LogP contribution in [0.2, 0.25) is 5.02 Å². The summed E-state index contributed by atoms with van der Waals surface area (Å²) >= 11 is 6.12. The number of nitrogen functional groups attached to an aromatic ring is 1. The maximum Gasteiger partial charge on any atom is 0.475 e. The molecule has 0 aliphatic carbocycles. The fourth-order valence-corrected chi connectivity index (χ4v) is 6.52. The first kappa shape index (κ1) is 29.6. The number of imidazole rings is 1. The summed E-state index contributed by atoms with van der Waals surface area (Å²) in [5.74, 6) is -0.401. The Bertz CT molecular complexity index is 1470. The first-order chi connectivity index (χ1) is 19.6. The molecular weight excluding hydrogens is 581 g/mol. The van der Waals surface area contributed by atoms with Crippen LogP contribution >= 0.6 is 19.4 Å². The topological polar surface area (TPSA) is 168 Å². The maximum absolute atomic E-state index is 13.5. The molecule has 2 aliphatic rings. The highest BCUT2D eigenvalue weighted by Crippen LogP contribution is 2.57. The SMILES string of the molecule is CCOc1nc(N)nc2c1ncn2[C@@H]1O[C@H](CO[P@@]2(=O)OCC[C@@H](c3cccc(Cl)c3)O2)[C@@H](OC(C)=O)[C@@]1(C)OC. The number of carbonyl (C=O) groups is 1. The highest BCUT2D eigenvalue weighted by molar-refractivity contribution is 7.48. The third-order valence-electron chi connectivity index (χ3n) is 6.87. The van der Waals surface area contributed by atoms with Gasteiger partial charge in [-0.05, 0) is 31.5 Å². The highest BCUT2D eigenvalue weighted by Gasteiger charge is 2.58. The molecule has 1 aromatic carbocycles. The smallest absolute Gasteiger partial charge is 0.475 e. The van der Waals surface area contributed by atoms with E-state index in [0.717, 1.165) is 5.56 Å². The van der Waals surface area contributed by atoms with Gasteiger partial charge >= 0.3 is 13.8 Å². The summed E-state index contributed by atoms with van der Waals surface area (Å²) in [5.41, 5.74) is 6.07. The molecule has 3 aromatic rings. The number of fused-ring (bicyclic) bond motifs is 1. The molecule has 14 nitrogen and oxygen atoms in total. The van der Waals surface area contributed by atoms with Gasteiger partial charge in [0.1, 0.15) is 11.7 Å². The van der Waals surface area contributed by atoms with Gasteiger partial charge in [-0.2, -0.15) is 9.97 Å². The molecule has 2 fully saturated rings. The molecule has 2 aromatic heterocycles. The Labute approximate surface area is 240 Å². The van der Waals surface area contributed by atoms with Gasteiger partial charge in [0.15, 0.2) is 23.5 Å². The molecule has 2 aliphatic heterocycles. The standard InChI is InChI=1S/C25H31ClN5O9P/c1-5-35-22-19-21(29-24(27)30-22)31(13-28-19)23-25(3,34-4)20(38-14(2)32)18(39-23)12-37-41(33)36-10-9-17(40-41)15-7-6-8-16(26)11-15/h6-8,11,13,17-18,20,23H,5,9-10,12H2,1-4H3,(H2,27,29,30)/t17-,18+,20+,23+,25+,41+/m0/s1. The Morgan fingerprint density at radius 3 is 2.85 bits per heavy atom. The number of nitrogens with zero attached hydrogens (tertiary/aromatic N) is 4. The third kappa shape index (κ3) is 5.91. The average molecular weight is 612 g/mol. The first-order valence-electron chi connectivity index (χ1n) is 12.9. The van der Waals surface area contributed by atoms with E-state index in [1.807, 2.05) is 6.07 Å². The monoisotopic (exact) mass is 611 g/mol. The van der Waals surface area contributed by atoms with Crippen LogP contribution in [0.3, 0.4) is 0 Å². The van der Waals surface area contributed by atoms with E-state index in [1.54, 1.807) is 36.6 Å². The van der Waals surface area contributed by atoms with Crippen LogP contribution < -0.4 is 10.5 Å². The molecule has 41 heavy (non-hydrogen) atoms. The zero-order valence-electron chi connectivity index (χ0n) is 22.9. The summed E-state index contributed by atoms with van der Waals surface area (Å²) in [6, 6.07) is 7.06. The lowest BCUT2D eigenvalue weighted by molar-refractivity contribution is -0.165. The summed E-state index contributed by atoms with van der Waals surface area (Å²) in [6.07, 6.45) is -1.52. The van der Waals surface area contributed by atoms with Crippen molar-refractivity contribution in [2.75, 3.05) is 32.7 Å². The Balaban J connectivity index is 1.42. The highest BCUT2D eigenvalue weighted by atomic mass is 35.5. The van der Waals surface area contributed by atoms with Crippen LogP contribution in [0.15, 0.2) is 30.6 Å². The van der Waals surface area contributed by atoms with Crippen molar-refractivity contribution >= 4 is 42.5 Å². The van der Waals surface area contributed by atoms with Crippen LogP contribution in [0, 0.1) is 0 Å². The second kappa shape index (κ2) is 11.8. The molecule has 16 heteroatoms. The molecule has 0 saturated carbocycles. The van der Waals surface area contributed by atoms with Crippen molar-refractivity contribution in [2.24, 2.45) is 0 Å². The number of benzene rings is 1. The number of methoxy groups -OCH3 is 1. The Hall–Kier alpha value is -2.84. The predicted octanol–water partition coefficient (Wildman–Crippen LogP) is 4.00. The van der Waals surface area contributed by atoms with Gasteiger partial charge in [-0.25, -0.2) is 9.55 Å². The van der Waals surface area contributed by atoms with E-state index in [-0.39, 0.29) is 25.0 Å². The van der Waals surface area contributed by atoms with E-state index in [1.165, 1.54) is 20.4 Å². The average Bonchev–Trinajstić information content (AvgIpc) is 3.46. The maximum atomic E-state index is 13.5. The summed E-state index contributed by atoms with van der Waals surface area (Å²) in [5, 5.41) is 0.522. The number of halogens is 1. The Kier molecular flexibility index (Phi) is 8.53. The van der Waals surface area contributed by atoms with Crippen molar-refractivity contribution in [2.45, 2.75) is 57.3 Å². The largest absolute Gasteiger partial charge is 0.476 e. The number of hydrogen-bond donors (Lipinski definition) is 1. The number of rotatable bonds is 9. The lowest BCUT2D eigenvalue weighted by Gasteiger charge is -2.33. The van der Waals surface area contributed by atoms with Crippen molar-refractivity contribution in [3.63, 3.8) is 0 Å². The van der Waals surface area contributed by atoms with Gasteiger partial charge in [-0.1, -0.05) is 23.7 Å². The number of phosphoric ester groups is 1. The van der Waals surface area contributed by atoms with Gasteiger partial charge in [0, 0.05) is 25.5 Å². The zero-order valence-corrected chi connectivity index (χ0v) is 24.5. The molecule has 2 saturated heterocycles. The molecule has 0 radical (unpaired) electrons. The number of nitrogens with two attached hydrogens (primary N) is 1. The van der Waals surface area contributed by atoms with Crippen LogP contribution in [-0.4, -0.2) is 70.2 Å². The van der Waals surface area contributed by atoms with Gasteiger partial charge < -0.3 is 24.7 Å². The predicted molar refractivity (Wildman–Crippen MR) is 145 cm³/mol. The van der Waals surface area contributed by atoms with E-state index in [0.29, 0.717) is 29.2 Å². The molecule has 6 atom stereocenters. The molecule has 222 valence electrons. The second-order valence-electron chi connectivity index (χ2n) is 9.60. The van der Waals surface area contributed by atoms with Crippen molar-refractivity contribution in [1.29, 1.82) is 0 Å². The van der Waals surface area contributed by atoms with Gasteiger partial charge in [0.05, 0.1) is 32.3 Å². The van der Waals surface area contributed by atoms with Gasteiger partial charge in [-0.15, -0.1) is 0 Å². The van der Waals surface area contributed by atoms with E-state index in [4.69, 9.17) is 49.9 Å². The van der Waals surface area contributed by atoms with Crippen molar-refractivity contribution in [3.8, 4) is 5.88 Å². The molecular formula is C25H31ClN5O9P. The Morgan fingerprint density at radius 2 is 2.15 bits per heavy atom. The molecule has 0 amide bonds. The second-order valence-corrected chi connectivity index (χ2v) is 11.7. The lowest BCUT2D eigenvalue weighted by Crippen LogP contribution is -2.48. The lowest BCUT2D eigenvalue weighted by atomic mass is 9.95. The van der Waals surface area contributed by atoms with Crippen molar-refractivity contribution < 1.29 is 41.9 Å². The third-order valence-corrected chi connectivity index (χ3v) is 8.58. The summed E-state index contributed by atoms with van der Waals surface area (Å²) in [4.78, 5) is 25.0. The molecule has 0 unspecified atom stereocenters. The quantitative estimate of drug-likeness (QED) is 0.272. The number of anilines is 1. The number of esters is 1. The fourth-order valence-electron chi connectivity index (χ4n) is 4.93. The van der Waals surface area contributed by atoms with E-state index in [2.05, 4.69) is 15.0 Å². The molecule has 2 N–H and O–H groups in total. The number of ether oxygens (including phenoxy) is 4. The fraction of sp³-hybridized carbons (Fsp3) is 0.520. The van der Waals surface area contributed by atoms with Crippen LogP contribution in [0.25, 0.3) is 11.2 Å². The normalized spacial score (nSPS) is 30.0. The van der Waals surface area contributed by atoms with E-state index < -0.39 is 43.9 Å². The van der Waals surface area contributed by atoms with Crippen molar-refractivity contribution in [1.82, 2.24) is 19.5 Å². The number of phosphoric acid groups is 1.